The van der Waals surface area contributed by atoms with Crippen LogP contribution in [0.3, 0.4) is 0 Å². The maximum absolute atomic E-state index is 11.9. The SMILES string of the molecule is CC(C)[C@@H]1OCN2C(=O)[C@H](C)[C@H](O)[C@]12CO. The molecule has 5 nitrogen and oxygen atoms in total. The lowest BCUT2D eigenvalue weighted by atomic mass is 9.80. The second-order valence-corrected chi connectivity index (χ2v) is 5.11. The van der Waals surface area contributed by atoms with Gasteiger partial charge in [0, 0.05) is 0 Å². The predicted octanol–water partition coefficient (Wildman–Crippen LogP) is -0.431. The Morgan fingerprint density at radius 1 is 1.62 bits per heavy atom. The Morgan fingerprint density at radius 3 is 2.75 bits per heavy atom. The van der Waals surface area contributed by atoms with Crippen LogP contribution >= 0.6 is 0 Å². The van der Waals surface area contributed by atoms with Gasteiger partial charge in [0.15, 0.2) is 0 Å². The molecule has 2 aliphatic heterocycles. The lowest BCUT2D eigenvalue weighted by Crippen LogP contribution is -2.58. The lowest BCUT2D eigenvalue weighted by Gasteiger charge is -2.37. The maximum Gasteiger partial charge on any atom is 0.230 e. The van der Waals surface area contributed by atoms with Crippen molar-refractivity contribution >= 4 is 5.91 Å². The summed E-state index contributed by atoms with van der Waals surface area (Å²) in [6, 6.07) is 0. The number of carbonyl (C=O) groups excluding carboxylic acids is 1. The van der Waals surface area contributed by atoms with Crippen LogP contribution in [0.2, 0.25) is 0 Å². The topological polar surface area (TPSA) is 70.0 Å². The molecule has 1 amide bonds. The molecule has 0 radical (unpaired) electrons. The molecule has 16 heavy (non-hydrogen) atoms. The third-order valence-corrected chi connectivity index (χ3v) is 3.88. The van der Waals surface area contributed by atoms with Crippen LogP contribution in [-0.2, 0) is 9.53 Å². The van der Waals surface area contributed by atoms with Gasteiger partial charge >= 0.3 is 0 Å². The average molecular weight is 229 g/mol. The molecular weight excluding hydrogens is 210 g/mol. The van der Waals surface area contributed by atoms with E-state index in [4.69, 9.17) is 4.74 Å². The summed E-state index contributed by atoms with van der Waals surface area (Å²) < 4.78 is 5.55. The number of hydrogen-bond donors (Lipinski definition) is 2. The Morgan fingerprint density at radius 2 is 2.25 bits per heavy atom. The van der Waals surface area contributed by atoms with Gasteiger partial charge in [-0.05, 0) is 5.92 Å². The fourth-order valence-corrected chi connectivity index (χ4v) is 3.02. The van der Waals surface area contributed by atoms with Crippen LogP contribution in [0.5, 0.6) is 0 Å². The highest BCUT2D eigenvalue weighted by molar-refractivity contribution is 5.83. The van der Waals surface area contributed by atoms with Gasteiger partial charge in [0.05, 0.1) is 24.7 Å². The highest BCUT2D eigenvalue weighted by Crippen LogP contribution is 2.44. The van der Waals surface area contributed by atoms with Gasteiger partial charge < -0.3 is 19.8 Å². The lowest BCUT2D eigenvalue weighted by molar-refractivity contribution is -0.134. The van der Waals surface area contributed by atoms with E-state index in [9.17, 15) is 15.0 Å². The summed E-state index contributed by atoms with van der Waals surface area (Å²) in [5.74, 6) is -0.452. The molecule has 0 spiro atoms. The largest absolute Gasteiger partial charge is 0.394 e. The van der Waals surface area contributed by atoms with Crippen molar-refractivity contribution in [1.29, 1.82) is 0 Å². The molecule has 2 fully saturated rings. The number of amides is 1. The van der Waals surface area contributed by atoms with Gasteiger partial charge in [0.25, 0.3) is 0 Å². The van der Waals surface area contributed by atoms with Crippen LogP contribution in [0.15, 0.2) is 0 Å². The molecule has 5 heteroatoms. The van der Waals surface area contributed by atoms with Gasteiger partial charge in [0.2, 0.25) is 5.91 Å². The molecule has 92 valence electrons. The van der Waals surface area contributed by atoms with Crippen LogP contribution in [0.1, 0.15) is 20.8 Å². The number of ether oxygens (including phenoxy) is 1. The highest BCUT2D eigenvalue weighted by Gasteiger charge is 2.64. The van der Waals surface area contributed by atoms with Crippen molar-refractivity contribution in [2.45, 2.75) is 38.5 Å². The molecule has 0 saturated carbocycles. The predicted molar refractivity (Wildman–Crippen MR) is 56.4 cm³/mol. The smallest absolute Gasteiger partial charge is 0.230 e. The number of nitrogens with zero attached hydrogens (tertiary/aromatic N) is 1. The standard InChI is InChI=1S/C11H19NO4/c1-6(2)9-11(4-13)8(14)7(3)10(15)12(11)5-16-9/h6-9,13-14H,4-5H2,1-3H3/t7-,8+,9+,11-/m1/s1. The third kappa shape index (κ3) is 1.19. The van der Waals surface area contributed by atoms with Crippen LogP contribution in [0.25, 0.3) is 0 Å². The molecule has 0 aromatic rings. The van der Waals surface area contributed by atoms with Crippen molar-refractivity contribution in [3.63, 3.8) is 0 Å². The molecule has 2 rings (SSSR count). The second-order valence-electron chi connectivity index (χ2n) is 5.11. The summed E-state index contributed by atoms with van der Waals surface area (Å²) in [5, 5.41) is 19.8. The van der Waals surface area contributed by atoms with Crippen molar-refractivity contribution in [2.75, 3.05) is 13.3 Å². The number of aliphatic hydroxyl groups excluding tert-OH is 2. The van der Waals surface area contributed by atoms with Crippen molar-refractivity contribution in [3.8, 4) is 0 Å². The Bertz CT molecular complexity index is 306. The van der Waals surface area contributed by atoms with E-state index in [1.54, 1.807) is 6.92 Å². The quantitative estimate of drug-likeness (QED) is 0.674. The van der Waals surface area contributed by atoms with E-state index in [0.717, 1.165) is 0 Å². The minimum Gasteiger partial charge on any atom is -0.394 e. The van der Waals surface area contributed by atoms with E-state index >= 15 is 0 Å². The number of rotatable bonds is 2. The van der Waals surface area contributed by atoms with Gasteiger partial charge in [-0.3, -0.25) is 4.79 Å². The molecule has 4 atom stereocenters. The van der Waals surface area contributed by atoms with Crippen molar-refractivity contribution < 1.29 is 19.7 Å². The van der Waals surface area contributed by atoms with Crippen LogP contribution < -0.4 is 0 Å². The highest BCUT2D eigenvalue weighted by atomic mass is 16.5. The Hall–Kier alpha value is -0.650. The summed E-state index contributed by atoms with van der Waals surface area (Å²) in [6.07, 6.45) is -1.17. The summed E-state index contributed by atoms with van der Waals surface area (Å²) in [5.41, 5.74) is -0.940. The van der Waals surface area contributed by atoms with E-state index in [1.165, 1.54) is 4.90 Å². The first-order chi connectivity index (χ1) is 7.46. The zero-order valence-electron chi connectivity index (χ0n) is 9.88. The zero-order valence-corrected chi connectivity index (χ0v) is 9.88. The van der Waals surface area contributed by atoms with E-state index in [0.29, 0.717) is 0 Å². The van der Waals surface area contributed by atoms with Crippen molar-refractivity contribution in [3.05, 3.63) is 0 Å². The van der Waals surface area contributed by atoms with Gasteiger partial charge in [-0.25, -0.2) is 0 Å². The summed E-state index contributed by atoms with van der Waals surface area (Å²) >= 11 is 0. The molecule has 0 aromatic heterocycles. The molecule has 0 bridgehead atoms. The first-order valence-electron chi connectivity index (χ1n) is 5.68. The van der Waals surface area contributed by atoms with E-state index in [1.807, 2.05) is 13.8 Å². The zero-order chi connectivity index (χ0) is 12.1. The second kappa shape index (κ2) is 3.68. The van der Waals surface area contributed by atoms with Gasteiger partial charge in [-0.1, -0.05) is 20.8 Å². The van der Waals surface area contributed by atoms with Crippen molar-refractivity contribution in [2.24, 2.45) is 11.8 Å². The number of aliphatic hydroxyl groups is 2. The molecule has 0 unspecified atom stereocenters. The van der Waals surface area contributed by atoms with Gasteiger partial charge in [0.1, 0.15) is 12.3 Å². The molecular formula is C11H19NO4. The van der Waals surface area contributed by atoms with Gasteiger partial charge in [-0.2, -0.15) is 0 Å². The first kappa shape index (κ1) is 11.8. The van der Waals surface area contributed by atoms with Crippen LogP contribution in [0, 0.1) is 11.8 Å². The number of fused-ring (bicyclic) bond motifs is 1. The Kier molecular flexibility index (Phi) is 2.72. The number of carbonyl (C=O) groups is 1. The molecule has 2 N–H and O–H groups in total. The molecule has 0 aliphatic carbocycles. The molecule has 2 saturated heterocycles. The normalized spacial score (nSPS) is 43.2. The number of hydrogen-bond acceptors (Lipinski definition) is 4. The fraction of sp³-hybridized carbons (Fsp3) is 0.909. The summed E-state index contributed by atoms with van der Waals surface area (Å²) in [6.45, 7) is 5.54. The minimum atomic E-state index is -0.940. The van der Waals surface area contributed by atoms with E-state index in [-0.39, 0.29) is 31.3 Å². The minimum absolute atomic E-state index is 0.135. The van der Waals surface area contributed by atoms with E-state index < -0.39 is 17.6 Å². The van der Waals surface area contributed by atoms with Crippen LogP contribution in [-0.4, -0.2) is 52.1 Å². The fourth-order valence-electron chi connectivity index (χ4n) is 3.02. The summed E-state index contributed by atoms with van der Waals surface area (Å²) in [4.78, 5) is 13.4. The summed E-state index contributed by atoms with van der Waals surface area (Å²) in [7, 11) is 0. The molecule has 2 heterocycles. The Balaban J connectivity index is 2.42. The van der Waals surface area contributed by atoms with Crippen LogP contribution in [0.4, 0.5) is 0 Å². The third-order valence-electron chi connectivity index (χ3n) is 3.88. The first-order valence-corrected chi connectivity index (χ1v) is 5.68. The monoisotopic (exact) mass is 229 g/mol. The molecule has 2 aliphatic rings. The van der Waals surface area contributed by atoms with Gasteiger partial charge in [-0.15, -0.1) is 0 Å². The average Bonchev–Trinajstić information content (AvgIpc) is 2.72. The Labute approximate surface area is 95.0 Å². The molecule has 0 aromatic carbocycles. The van der Waals surface area contributed by atoms with E-state index in [2.05, 4.69) is 0 Å². The van der Waals surface area contributed by atoms with Crippen molar-refractivity contribution in [1.82, 2.24) is 4.90 Å². The maximum atomic E-state index is 11.9.